The fourth-order valence-electron chi connectivity index (χ4n) is 5.88. The lowest BCUT2D eigenvalue weighted by Gasteiger charge is -2.54. The summed E-state index contributed by atoms with van der Waals surface area (Å²) in [5, 5.41) is 22.0. The van der Waals surface area contributed by atoms with Gasteiger partial charge in [0, 0.05) is 36.4 Å². The Morgan fingerprint density at radius 3 is 1.81 bits per heavy atom. The fourth-order valence-corrected chi connectivity index (χ4v) is 5.88. The molecule has 2 rings (SSSR count). The van der Waals surface area contributed by atoms with E-state index in [4.69, 9.17) is 38.9 Å². The highest BCUT2D eigenvalue weighted by Crippen LogP contribution is 2.48. The van der Waals surface area contributed by atoms with Crippen LogP contribution in [0.15, 0.2) is 12.1 Å². The molecular formula is C31H56N2O9. The van der Waals surface area contributed by atoms with Gasteiger partial charge in [0.1, 0.15) is 0 Å². The van der Waals surface area contributed by atoms with Crippen molar-refractivity contribution in [3.8, 4) is 0 Å². The fraction of sp³-hybridized carbons (Fsp3) is 0.806. The van der Waals surface area contributed by atoms with Crippen LogP contribution in [-0.2, 0) is 33.2 Å². The minimum atomic E-state index is -1.76. The van der Waals surface area contributed by atoms with E-state index < -0.39 is 49.2 Å². The molecule has 8 atom stereocenters. The van der Waals surface area contributed by atoms with Crippen molar-refractivity contribution in [2.45, 2.75) is 151 Å². The normalized spacial score (nSPS) is 22.6. The summed E-state index contributed by atoms with van der Waals surface area (Å²) in [6.07, 6.45) is -3.19. The van der Waals surface area contributed by atoms with Crippen LogP contribution in [0.25, 0.3) is 0 Å². The first kappa shape index (κ1) is 36.7. The van der Waals surface area contributed by atoms with Crippen molar-refractivity contribution < 1.29 is 43.4 Å². The smallest absolute Gasteiger partial charge is 0.248 e. The van der Waals surface area contributed by atoms with Crippen molar-refractivity contribution in [2.75, 3.05) is 23.8 Å². The molecule has 11 nitrogen and oxygen atoms in total. The molecule has 0 saturated heterocycles. The number of rotatable bonds is 17. The number of benzene rings is 1. The van der Waals surface area contributed by atoms with Crippen LogP contribution >= 0.6 is 0 Å². The Labute approximate surface area is 252 Å². The average molecular weight is 601 g/mol. The molecule has 244 valence electrons. The Hall–Kier alpha value is -1.54. The highest BCUT2D eigenvalue weighted by Gasteiger charge is 2.48. The number of nitrogens with two attached hydrogens (primary N) is 1. The second-order valence-electron chi connectivity index (χ2n) is 12.0. The first-order valence-electron chi connectivity index (χ1n) is 15.0. The van der Waals surface area contributed by atoms with Crippen LogP contribution in [0.3, 0.4) is 0 Å². The van der Waals surface area contributed by atoms with E-state index in [-0.39, 0.29) is 18.4 Å². The summed E-state index contributed by atoms with van der Waals surface area (Å²) in [7, 11) is 0. The first-order valence-corrected chi connectivity index (χ1v) is 15.0. The third-order valence-corrected chi connectivity index (χ3v) is 7.23. The Kier molecular flexibility index (Phi) is 13.5. The molecule has 42 heavy (non-hydrogen) atoms. The number of ether oxygens (including phenoxy) is 7. The molecule has 8 unspecified atom stereocenters. The maximum Gasteiger partial charge on any atom is 0.248 e. The van der Waals surface area contributed by atoms with Crippen molar-refractivity contribution in [1.29, 1.82) is 0 Å². The molecule has 1 aromatic carbocycles. The zero-order valence-corrected chi connectivity index (χ0v) is 27.7. The van der Waals surface area contributed by atoms with Gasteiger partial charge in [-0.25, -0.2) is 0 Å². The average Bonchev–Trinajstić information content (AvgIpc) is 2.81. The van der Waals surface area contributed by atoms with Crippen LogP contribution in [-0.4, -0.2) is 72.6 Å². The molecule has 1 heterocycles. The lowest BCUT2D eigenvalue weighted by molar-refractivity contribution is -0.349. The van der Waals surface area contributed by atoms with Crippen molar-refractivity contribution in [3.63, 3.8) is 0 Å². The van der Waals surface area contributed by atoms with Crippen LogP contribution in [0.4, 0.5) is 11.4 Å². The van der Waals surface area contributed by atoms with Crippen LogP contribution < -0.4 is 10.6 Å². The monoisotopic (exact) mass is 600 g/mol. The predicted molar refractivity (Wildman–Crippen MR) is 161 cm³/mol. The van der Waals surface area contributed by atoms with Crippen molar-refractivity contribution >= 4 is 11.4 Å². The van der Waals surface area contributed by atoms with Gasteiger partial charge in [0.15, 0.2) is 37.7 Å². The number of hydrogen-bond donors (Lipinski definition) is 3. The quantitative estimate of drug-likeness (QED) is 0.158. The second-order valence-corrected chi connectivity index (χ2v) is 12.0. The number of fused-ring (bicyclic) bond motifs is 1. The third-order valence-electron chi connectivity index (χ3n) is 7.23. The molecule has 1 aromatic rings. The van der Waals surface area contributed by atoms with Gasteiger partial charge in [0.05, 0.1) is 6.61 Å². The summed E-state index contributed by atoms with van der Waals surface area (Å²) < 4.78 is 40.3. The molecule has 0 fully saturated rings. The minimum absolute atomic E-state index is 0.0235. The van der Waals surface area contributed by atoms with Crippen LogP contribution in [0.5, 0.6) is 0 Å². The number of nitrogen functional groups attached to an aromatic ring is 1. The van der Waals surface area contributed by atoms with E-state index in [0.29, 0.717) is 18.7 Å². The zero-order valence-electron chi connectivity index (χ0n) is 27.7. The molecule has 4 N–H and O–H groups in total. The number of nitrogens with zero attached hydrogens (tertiary/aromatic N) is 1. The van der Waals surface area contributed by atoms with Gasteiger partial charge in [-0.1, -0.05) is 13.8 Å². The molecule has 1 aliphatic heterocycles. The van der Waals surface area contributed by atoms with E-state index >= 15 is 0 Å². The van der Waals surface area contributed by atoms with Gasteiger partial charge in [-0.15, -0.1) is 0 Å². The van der Waals surface area contributed by atoms with Gasteiger partial charge in [-0.3, -0.25) is 0 Å². The molecule has 0 aliphatic carbocycles. The van der Waals surface area contributed by atoms with E-state index in [1.165, 1.54) is 0 Å². The number of aliphatic hydroxyl groups excluding tert-OH is 1. The first-order chi connectivity index (χ1) is 19.4. The van der Waals surface area contributed by atoms with Gasteiger partial charge in [-0.2, -0.15) is 0 Å². The Bertz CT molecular complexity index is 974. The van der Waals surface area contributed by atoms with E-state index in [1.54, 1.807) is 48.5 Å². The van der Waals surface area contributed by atoms with E-state index in [2.05, 4.69) is 13.8 Å². The highest BCUT2D eigenvalue weighted by atomic mass is 16.9. The van der Waals surface area contributed by atoms with Crippen molar-refractivity contribution in [1.82, 2.24) is 0 Å². The Balaban J connectivity index is 2.06. The summed E-state index contributed by atoms with van der Waals surface area (Å²) in [4.78, 5) is 1.85. The van der Waals surface area contributed by atoms with Crippen molar-refractivity contribution in [3.05, 3.63) is 23.3 Å². The Morgan fingerprint density at radius 1 is 0.881 bits per heavy atom. The van der Waals surface area contributed by atoms with Crippen LogP contribution in [0, 0.1) is 0 Å². The lowest BCUT2D eigenvalue weighted by atomic mass is 9.78. The summed E-state index contributed by atoms with van der Waals surface area (Å²) in [5.74, 6) is -1.71. The predicted octanol–water partition coefficient (Wildman–Crippen LogP) is 5.33. The maximum absolute atomic E-state index is 11.8. The van der Waals surface area contributed by atoms with Crippen LogP contribution in [0.2, 0.25) is 0 Å². The molecule has 0 aromatic heterocycles. The highest BCUT2D eigenvalue weighted by molar-refractivity contribution is 5.68. The Morgan fingerprint density at radius 2 is 1.36 bits per heavy atom. The molecular weight excluding hydrogens is 544 g/mol. The zero-order chi connectivity index (χ0) is 32.0. The third kappa shape index (κ3) is 10.0. The molecule has 0 bridgehead atoms. The van der Waals surface area contributed by atoms with E-state index in [1.807, 2.05) is 37.8 Å². The van der Waals surface area contributed by atoms with E-state index in [0.717, 1.165) is 16.8 Å². The van der Waals surface area contributed by atoms with Gasteiger partial charge in [-0.05, 0) is 97.9 Å². The maximum atomic E-state index is 11.8. The van der Waals surface area contributed by atoms with Gasteiger partial charge in [0.25, 0.3) is 0 Å². The molecule has 0 amide bonds. The summed E-state index contributed by atoms with van der Waals surface area (Å²) in [6, 6.07) is 3.91. The molecule has 1 aliphatic rings. The van der Waals surface area contributed by atoms with Gasteiger partial charge >= 0.3 is 0 Å². The minimum Gasteiger partial charge on any atom is -0.398 e. The molecule has 0 saturated carbocycles. The van der Waals surface area contributed by atoms with Gasteiger partial charge < -0.3 is 54.0 Å². The summed E-state index contributed by atoms with van der Waals surface area (Å²) in [5.41, 5.74) is 9.11. The van der Waals surface area contributed by atoms with Crippen LogP contribution in [0.1, 0.15) is 112 Å². The number of aliphatic hydroxyl groups is 2. The topological polar surface area (TPSA) is 134 Å². The summed E-state index contributed by atoms with van der Waals surface area (Å²) in [6.45, 7) is 22.7. The number of hydrogen-bond acceptors (Lipinski definition) is 11. The number of anilines is 2. The molecule has 0 radical (unpaired) electrons. The molecule has 11 heteroatoms. The lowest BCUT2D eigenvalue weighted by Crippen LogP contribution is -2.62. The largest absolute Gasteiger partial charge is 0.398 e. The van der Waals surface area contributed by atoms with E-state index in [9.17, 15) is 10.2 Å². The second kappa shape index (κ2) is 15.5. The summed E-state index contributed by atoms with van der Waals surface area (Å²) >= 11 is 0. The molecule has 0 spiro atoms. The standard InChI is InChI=1S/C31H56N2O9/c1-13-36-19(4)37-20(5)38-21(6)39-22(7)40-23(8)41-24(9)42-31(12,35)33-29-15-26(18(2)3)28(32)14-27(29)25(17-34)16-30(33,10)11/h14-15,18-25,34-35H,13,16-17,32H2,1-12H3. The van der Waals surface area contributed by atoms with Gasteiger partial charge in [0.2, 0.25) is 5.91 Å². The van der Waals surface area contributed by atoms with Crippen molar-refractivity contribution in [2.24, 2.45) is 0 Å². The SMILES string of the molecule is CCOC(C)OC(C)OC(C)OC(C)OC(C)OC(C)OC(C)(O)N1c2cc(C(C)C)c(N)cc2C(CO)CC1(C)C.